The molecule has 2 heterocycles. The van der Waals surface area contributed by atoms with Crippen LogP contribution < -0.4 is 0 Å². The van der Waals surface area contributed by atoms with Crippen molar-refractivity contribution in [2.24, 2.45) is 0 Å². The van der Waals surface area contributed by atoms with E-state index in [1.165, 1.54) is 0 Å². The van der Waals surface area contributed by atoms with Gasteiger partial charge in [0.05, 0.1) is 17.7 Å². The lowest BCUT2D eigenvalue weighted by molar-refractivity contribution is -0.0292. The average Bonchev–Trinajstić information content (AvgIpc) is 2.84. The zero-order chi connectivity index (χ0) is 12.5. The fraction of sp³-hybridized carbons (Fsp3) is 0.400. The summed E-state index contributed by atoms with van der Waals surface area (Å²) in [5.74, 6) is 0. The predicted molar refractivity (Wildman–Crippen MR) is 70.3 cm³/mol. The Morgan fingerprint density at radius 3 is 2.89 bits per heavy atom. The molecular weight excluding hydrogens is 226 g/mol. The van der Waals surface area contributed by atoms with Gasteiger partial charge in [-0.15, -0.1) is 0 Å². The quantitative estimate of drug-likeness (QED) is 0.882. The van der Waals surface area contributed by atoms with Crippen molar-refractivity contribution in [3.05, 3.63) is 42.1 Å². The van der Waals surface area contributed by atoms with Crippen molar-refractivity contribution < 1.29 is 9.84 Å². The molecule has 3 rings (SSSR count). The summed E-state index contributed by atoms with van der Waals surface area (Å²) in [7, 11) is 0. The van der Waals surface area contributed by atoms with Crippen molar-refractivity contribution in [1.29, 1.82) is 0 Å². The molecule has 1 aromatic carbocycles. The molecule has 18 heavy (non-hydrogen) atoms. The number of aliphatic hydroxyl groups is 1. The number of pyridine rings is 1. The first-order valence-electron chi connectivity index (χ1n) is 6.43. The maximum absolute atomic E-state index is 10.5. The molecule has 1 aromatic heterocycles. The lowest BCUT2D eigenvalue weighted by Gasteiger charge is -2.19. The number of nitrogens with zero attached hydrogens (tertiary/aromatic N) is 1. The van der Waals surface area contributed by atoms with E-state index in [1.807, 2.05) is 37.3 Å². The molecule has 0 amide bonds. The third kappa shape index (κ3) is 2.00. The van der Waals surface area contributed by atoms with Crippen LogP contribution in [0.1, 0.15) is 31.4 Å². The molecule has 94 valence electrons. The Balaban J connectivity index is 1.98. The van der Waals surface area contributed by atoms with Crippen molar-refractivity contribution in [3.63, 3.8) is 0 Å². The topological polar surface area (TPSA) is 42.4 Å². The number of para-hydroxylation sites is 1. The van der Waals surface area contributed by atoms with E-state index in [0.29, 0.717) is 0 Å². The molecule has 1 saturated heterocycles. The first-order chi connectivity index (χ1) is 8.75. The summed E-state index contributed by atoms with van der Waals surface area (Å²) in [6, 6.07) is 9.83. The second kappa shape index (κ2) is 4.67. The maximum Gasteiger partial charge on any atom is 0.107 e. The Hall–Kier alpha value is -1.45. The standard InChI is InChI=1S/C15H17NO2/c1-10-7-8-13(18-10)15(17)12-6-2-4-11-5-3-9-16-14(11)12/h2-6,9-10,13,15,17H,7-8H2,1H3. The maximum atomic E-state index is 10.5. The van der Waals surface area contributed by atoms with Gasteiger partial charge in [0.2, 0.25) is 0 Å². The number of fused-ring (bicyclic) bond motifs is 1. The molecule has 0 spiro atoms. The molecule has 3 unspecified atom stereocenters. The summed E-state index contributed by atoms with van der Waals surface area (Å²) in [6.07, 6.45) is 3.23. The van der Waals surface area contributed by atoms with Gasteiger partial charge in [-0.2, -0.15) is 0 Å². The highest BCUT2D eigenvalue weighted by atomic mass is 16.5. The SMILES string of the molecule is CC1CCC(C(O)c2cccc3cccnc23)O1. The highest BCUT2D eigenvalue weighted by Crippen LogP contribution is 2.32. The number of ether oxygens (including phenoxy) is 1. The zero-order valence-electron chi connectivity index (χ0n) is 10.4. The largest absolute Gasteiger partial charge is 0.386 e. The molecule has 0 radical (unpaired) electrons. The minimum atomic E-state index is -0.589. The van der Waals surface area contributed by atoms with E-state index >= 15 is 0 Å². The summed E-state index contributed by atoms with van der Waals surface area (Å²) in [4.78, 5) is 4.38. The van der Waals surface area contributed by atoms with Gasteiger partial charge in [-0.05, 0) is 25.8 Å². The van der Waals surface area contributed by atoms with Gasteiger partial charge in [0.15, 0.2) is 0 Å². The van der Waals surface area contributed by atoms with Crippen LogP contribution >= 0.6 is 0 Å². The first-order valence-corrected chi connectivity index (χ1v) is 6.43. The highest BCUT2D eigenvalue weighted by Gasteiger charge is 2.30. The number of aliphatic hydroxyl groups excluding tert-OH is 1. The molecule has 1 aliphatic rings. The van der Waals surface area contributed by atoms with Crippen molar-refractivity contribution in [3.8, 4) is 0 Å². The molecule has 3 atom stereocenters. The summed E-state index contributed by atoms with van der Waals surface area (Å²) in [5.41, 5.74) is 1.74. The lowest BCUT2D eigenvalue weighted by atomic mass is 9.99. The smallest absolute Gasteiger partial charge is 0.107 e. The third-order valence-electron chi connectivity index (χ3n) is 3.60. The molecule has 0 saturated carbocycles. The van der Waals surface area contributed by atoms with E-state index in [9.17, 15) is 5.11 Å². The van der Waals surface area contributed by atoms with Gasteiger partial charge >= 0.3 is 0 Å². The minimum absolute atomic E-state index is 0.104. The number of aromatic nitrogens is 1. The molecule has 2 aromatic rings. The monoisotopic (exact) mass is 243 g/mol. The molecule has 1 aliphatic heterocycles. The number of hydrogen-bond acceptors (Lipinski definition) is 3. The summed E-state index contributed by atoms with van der Waals surface area (Å²) in [5, 5.41) is 11.5. The van der Waals surface area contributed by atoms with Crippen LogP contribution in [0.2, 0.25) is 0 Å². The zero-order valence-corrected chi connectivity index (χ0v) is 10.4. The molecule has 0 aliphatic carbocycles. The molecule has 3 nitrogen and oxygen atoms in total. The summed E-state index contributed by atoms with van der Waals surface area (Å²) >= 11 is 0. The highest BCUT2D eigenvalue weighted by molar-refractivity contribution is 5.81. The average molecular weight is 243 g/mol. The molecule has 1 N–H and O–H groups in total. The van der Waals surface area contributed by atoms with Crippen molar-refractivity contribution >= 4 is 10.9 Å². The van der Waals surface area contributed by atoms with Gasteiger partial charge in [0.1, 0.15) is 6.10 Å². The normalized spacial score (nSPS) is 25.4. The molecule has 1 fully saturated rings. The van der Waals surface area contributed by atoms with Gasteiger partial charge in [-0.1, -0.05) is 24.3 Å². The van der Waals surface area contributed by atoms with Crippen LogP contribution in [-0.4, -0.2) is 22.3 Å². The van der Waals surface area contributed by atoms with Crippen LogP contribution in [0.3, 0.4) is 0 Å². The van der Waals surface area contributed by atoms with Crippen LogP contribution in [0.5, 0.6) is 0 Å². The van der Waals surface area contributed by atoms with E-state index in [-0.39, 0.29) is 12.2 Å². The van der Waals surface area contributed by atoms with Crippen molar-refractivity contribution in [2.45, 2.75) is 38.1 Å². The van der Waals surface area contributed by atoms with Crippen LogP contribution in [0, 0.1) is 0 Å². The number of benzene rings is 1. The van der Waals surface area contributed by atoms with E-state index in [1.54, 1.807) is 6.20 Å². The van der Waals surface area contributed by atoms with Crippen molar-refractivity contribution in [1.82, 2.24) is 4.98 Å². The van der Waals surface area contributed by atoms with Gasteiger partial charge in [-0.25, -0.2) is 0 Å². The van der Waals surface area contributed by atoms with Crippen LogP contribution in [-0.2, 0) is 4.74 Å². The summed E-state index contributed by atoms with van der Waals surface area (Å²) < 4.78 is 5.75. The van der Waals surface area contributed by atoms with Gasteiger partial charge in [0, 0.05) is 17.1 Å². The number of rotatable bonds is 2. The first kappa shape index (κ1) is 11.6. The van der Waals surface area contributed by atoms with E-state index < -0.39 is 6.10 Å². The van der Waals surface area contributed by atoms with Crippen molar-refractivity contribution in [2.75, 3.05) is 0 Å². The van der Waals surface area contributed by atoms with E-state index in [0.717, 1.165) is 29.3 Å². The van der Waals surface area contributed by atoms with Crippen LogP contribution in [0.4, 0.5) is 0 Å². The van der Waals surface area contributed by atoms with Gasteiger partial charge in [0.25, 0.3) is 0 Å². The Morgan fingerprint density at radius 2 is 2.11 bits per heavy atom. The summed E-state index contributed by atoms with van der Waals surface area (Å²) in [6.45, 7) is 2.05. The van der Waals surface area contributed by atoms with Crippen LogP contribution in [0.25, 0.3) is 10.9 Å². The predicted octanol–water partition coefficient (Wildman–Crippen LogP) is 2.84. The van der Waals surface area contributed by atoms with E-state index in [4.69, 9.17) is 4.74 Å². The Bertz CT molecular complexity index is 550. The second-order valence-electron chi connectivity index (χ2n) is 4.93. The Morgan fingerprint density at radius 1 is 1.28 bits per heavy atom. The number of hydrogen-bond donors (Lipinski definition) is 1. The van der Waals surface area contributed by atoms with Gasteiger partial charge in [-0.3, -0.25) is 4.98 Å². The Labute approximate surface area is 106 Å². The fourth-order valence-corrected chi connectivity index (χ4v) is 2.63. The van der Waals surface area contributed by atoms with E-state index in [2.05, 4.69) is 4.98 Å². The Kier molecular flexibility index (Phi) is 3.02. The minimum Gasteiger partial charge on any atom is -0.386 e. The van der Waals surface area contributed by atoms with Crippen LogP contribution in [0.15, 0.2) is 36.5 Å². The molecule has 0 bridgehead atoms. The molecule has 3 heteroatoms. The van der Waals surface area contributed by atoms with Gasteiger partial charge < -0.3 is 9.84 Å². The molecular formula is C15H17NO2. The third-order valence-corrected chi connectivity index (χ3v) is 3.60. The second-order valence-corrected chi connectivity index (χ2v) is 4.93. The fourth-order valence-electron chi connectivity index (χ4n) is 2.63. The lowest BCUT2D eigenvalue weighted by Crippen LogP contribution is -2.19.